The van der Waals surface area contributed by atoms with Crippen LogP contribution in [-0.2, 0) is 4.79 Å². The van der Waals surface area contributed by atoms with Gasteiger partial charge in [0.1, 0.15) is 0 Å². The molecule has 3 nitrogen and oxygen atoms in total. The molecule has 0 aliphatic rings. The maximum Gasteiger partial charge on any atom is 0.225 e. The van der Waals surface area contributed by atoms with Crippen LogP contribution >= 0.6 is 23.2 Å². The lowest BCUT2D eigenvalue weighted by atomic mass is 10.2. The Morgan fingerprint density at radius 2 is 2.00 bits per heavy atom. The van der Waals surface area contributed by atoms with Gasteiger partial charge in [-0.05, 0) is 37.7 Å². The number of carbonyl (C=O) groups excluding carboxylic acids is 1. The molecule has 0 aliphatic carbocycles. The lowest BCUT2D eigenvalue weighted by Crippen LogP contribution is -2.28. The van der Waals surface area contributed by atoms with Gasteiger partial charge in [-0.3, -0.25) is 4.79 Å². The third kappa shape index (κ3) is 6.12. The van der Waals surface area contributed by atoms with Crippen molar-refractivity contribution in [2.24, 2.45) is 0 Å². The summed E-state index contributed by atoms with van der Waals surface area (Å²) in [6, 6.07) is 5.04. The van der Waals surface area contributed by atoms with E-state index in [2.05, 4.69) is 24.1 Å². The summed E-state index contributed by atoms with van der Waals surface area (Å²) in [5, 5.41) is 3.86. The highest BCUT2D eigenvalue weighted by atomic mass is 35.5. The van der Waals surface area contributed by atoms with Crippen LogP contribution in [0.2, 0.25) is 10.0 Å². The van der Waals surface area contributed by atoms with Gasteiger partial charge in [-0.15, -0.1) is 0 Å². The van der Waals surface area contributed by atoms with Crippen LogP contribution in [0.5, 0.6) is 0 Å². The molecule has 0 heterocycles. The number of rotatable bonds is 8. The van der Waals surface area contributed by atoms with E-state index >= 15 is 0 Å². The molecule has 1 aromatic rings. The number of hydrogen-bond donors (Lipinski definition) is 1. The Kier molecular flexibility index (Phi) is 7.97. The van der Waals surface area contributed by atoms with Gasteiger partial charge in [-0.2, -0.15) is 0 Å². The molecular formula is C15H22Cl2N2O. The topological polar surface area (TPSA) is 32.3 Å². The fraction of sp³-hybridized carbons (Fsp3) is 0.533. The van der Waals surface area contributed by atoms with Crippen molar-refractivity contribution in [1.82, 2.24) is 4.90 Å². The minimum atomic E-state index is -0.0379. The van der Waals surface area contributed by atoms with E-state index in [4.69, 9.17) is 23.2 Å². The monoisotopic (exact) mass is 316 g/mol. The summed E-state index contributed by atoms with van der Waals surface area (Å²) < 4.78 is 0. The number of unbranched alkanes of at least 4 members (excludes halogenated alkanes) is 1. The zero-order chi connectivity index (χ0) is 15.0. The summed E-state index contributed by atoms with van der Waals surface area (Å²) in [4.78, 5) is 14.2. The van der Waals surface area contributed by atoms with E-state index < -0.39 is 0 Å². The predicted molar refractivity (Wildman–Crippen MR) is 86.7 cm³/mol. The average molecular weight is 317 g/mol. The first kappa shape index (κ1) is 17.3. The Bertz CT molecular complexity index is 438. The molecule has 0 aliphatic heterocycles. The van der Waals surface area contributed by atoms with Crippen LogP contribution in [0.3, 0.4) is 0 Å². The molecule has 5 heteroatoms. The molecule has 0 fully saturated rings. The van der Waals surface area contributed by atoms with E-state index in [1.165, 1.54) is 6.42 Å². The third-order valence-corrected chi connectivity index (χ3v) is 3.70. The van der Waals surface area contributed by atoms with Crippen molar-refractivity contribution >= 4 is 34.8 Å². The molecule has 1 aromatic carbocycles. The second kappa shape index (κ2) is 9.22. The first-order valence-electron chi connectivity index (χ1n) is 7.04. The Hall–Kier alpha value is -0.770. The van der Waals surface area contributed by atoms with Crippen molar-refractivity contribution in [1.29, 1.82) is 0 Å². The Balaban J connectivity index is 2.45. The van der Waals surface area contributed by atoms with Gasteiger partial charge in [-0.25, -0.2) is 0 Å². The van der Waals surface area contributed by atoms with Crippen molar-refractivity contribution < 1.29 is 4.79 Å². The third-order valence-electron chi connectivity index (χ3n) is 3.13. The van der Waals surface area contributed by atoms with Gasteiger partial charge in [0.2, 0.25) is 5.91 Å². The smallest absolute Gasteiger partial charge is 0.225 e. The van der Waals surface area contributed by atoms with Gasteiger partial charge in [0.05, 0.1) is 10.7 Å². The highest BCUT2D eigenvalue weighted by Crippen LogP contribution is 2.25. The number of anilines is 1. The van der Waals surface area contributed by atoms with Gasteiger partial charge in [0.15, 0.2) is 0 Å². The minimum Gasteiger partial charge on any atom is -0.325 e. The minimum absolute atomic E-state index is 0.0379. The molecule has 1 rings (SSSR count). The summed E-state index contributed by atoms with van der Waals surface area (Å²) in [7, 11) is 0. The van der Waals surface area contributed by atoms with Gasteiger partial charge in [0.25, 0.3) is 0 Å². The molecule has 0 saturated carbocycles. The van der Waals surface area contributed by atoms with E-state index in [-0.39, 0.29) is 5.91 Å². The maximum absolute atomic E-state index is 11.9. The Morgan fingerprint density at radius 3 is 2.65 bits per heavy atom. The molecule has 0 atom stereocenters. The SMILES string of the molecule is CCCCN(CC)CCC(=O)Nc1cc(Cl)ccc1Cl. The normalized spacial score (nSPS) is 10.8. The number of nitrogens with one attached hydrogen (secondary N) is 1. The number of carbonyl (C=O) groups is 1. The van der Waals surface area contributed by atoms with Crippen LogP contribution < -0.4 is 5.32 Å². The number of benzene rings is 1. The summed E-state index contributed by atoms with van der Waals surface area (Å²) in [6.07, 6.45) is 2.79. The fourth-order valence-corrected chi connectivity index (χ4v) is 2.21. The number of halogens is 2. The summed E-state index contributed by atoms with van der Waals surface area (Å²) in [6.45, 7) is 7.05. The molecule has 0 bridgehead atoms. The van der Waals surface area contributed by atoms with Crippen LogP contribution in [-0.4, -0.2) is 30.4 Å². The van der Waals surface area contributed by atoms with Crippen molar-refractivity contribution in [3.05, 3.63) is 28.2 Å². The standard InChI is InChI=1S/C15H22Cl2N2O/c1-3-5-9-19(4-2)10-8-15(20)18-14-11-12(16)6-7-13(14)17/h6-7,11H,3-5,8-10H2,1-2H3,(H,18,20). The second-order valence-electron chi connectivity index (χ2n) is 4.71. The number of amides is 1. The van der Waals surface area contributed by atoms with Crippen LogP contribution in [0.4, 0.5) is 5.69 Å². The first-order valence-corrected chi connectivity index (χ1v) is 7.79. The first-order chi connectivity index (χ1) is 9.56. The zero-order valence-corrected chi connectivity index (χ0v) is 13.6. The molecule has 20 heavy (non-hydrogen) atoms. The van der Waals surface area contributed by atoms with Gasteiger partial charge < -0.3 is 10.2 Å². The maximum atomic E-state index is 11.9. The van der Waals surface area contributed by atoms with Crippen molar-refractivity contribution in [3.63, 3.8) is 0 Å². The molecule has 0 saturated heterocycles. The van der Waals surface area contributed by atoms with Crippen LogP contribution in [0.15, 0.2) is 18.2 Å². The fourth-order valence-electron chi connectivity index (χ4n) is 1.88. The van der Waals surface area contributed by atoms with E-state index in [9.17, 15) is 4.79 Å². The average Bonchev–Trinajstić information content (AvgIpc) is 2.43. The lowest BCUT2D eigenvalue weighted by molar-refractivity contribution is -0.116. The Labute approximate surface area is 131 Å². The summed E-state index contributed by atoms with van der Waals surface area (Å²) in [5.41, 5.74) is 0.570. The molecule has 112 valence electrons. The van der Waals surface area contributed by atoms with E-state index in [1.807, 2.05) is 0 Å². The van der Waals surface area contributed by atoms with Crippen LogP contribution in [0, 0.1) is 0 Å². The summed E-state index contributed by atoms with van der Waals surface area (Å²) >= 11 is 11.9. The summed E-state index contributed by atoms with van der Waals surface area (Å²) in [5.74, 6) is -0.0379. The largest absolute Gasteiger partial charge is 0.325 e. The number of hydrogen-bond acceptors (Lipinski definition) is 2. The molecular weight excluding hydrogens is 295 g/mol. The Morgan fingerprint density at radius 1 is 1.25 bits per heavy atom. The highest BCUT2D eigenvalue weighted by molar-refractivity contribution is 6.35. The molecule has 1 amide bonds. The van der Waals surface area contributed by atoms with Gasteiger partial charge in [-0.1, -0.05) is 43.5 Å². The van der Waals surface area contributed by atoms with Crippen molar-refractivity contribution in [3.8, 4) is 0 Å². The predicted octanol–water partition coefficient (Wildman–Crippen LogP) is 4.44. The van der Waals surface area contributed by atoms with Crippen molar-refractivity contribution in [2.75, 3.05) is 25.0 Å². The van der Waals surface area contributed by atoms with E-state index in [0.717, 1.165) is 26.1 Å². The van der Waals surface area contributed by atoms with E-state index in [0.29, 0.717) is 22.2 Å². The lowest BCUT2D eigenvalue weighted by Gasteiger charge is -2.19. The highest BCUT2D eigenvalue weighted by Gasteiger charge is 2.09. The molecule has 0 aromatic heterocycles. The van der Waals surface area contributed by atoms with E-state index in [1.54, 1.807) is 18.2 Å². The number of nitrogens with zero attached hydrogens (tertiary/aromatic N) is 1. The quantitative estimate of drug-likeness (QED) is 0.768. The second-order valence-corrected chi connectivity index (χ2v) is 5.55. The molecule has 1 N–H and O–H groups in total. The molecule has 0 radical (unpaired) electrons. The van der Waals surface area contributed by atoms with Crippen LogP contribution in [0.25, 0.3) is 0 Å². The molecule has 0 spiro atoms. The zero-order valence-electron chi connectivity index (χ0n) is 12.1. The molecule has 0 unspecified atom stereocenters. The van der Waals surface area contributed by atoms with Gasteiger partial charge in [0, 0.05) is 18.0 Å². The van der Waals surface area contributed by atoms with Crippen molar-refractivity contribution in [2.45, 2.75) is 33.1 Å². The van der Waals surface area contributed by atoms with Crippen LogP contribution in [0.1, 0.15) is 33.1 Å². The van der Waals surface area contributed by atoms with Gasteiger partial charge >= 0.3 is 0 Å².